The van der Waals surface area contributed by atoms with Crippen molar-refractivity contribution in [3.63, 3.8) is 0 Å². The molecule has 0 saturated carbocycles. The highest BCUT2D eigenvalue weighted by atomic mass is 79.9. The zero-order valence-corrected chi connectivity index (χ0v) is 32.0. The zero-order chi connectivity index (χ0) is 36.9. The lowest BCUT2D eigenvalue weighted by Crippen LogP contribution is -2.54. The second kappa shape index (κ2) is 14.0. The Hall–Kier alpha value is -4.24. The second-order valence-corrected chi connectivity index (χ2v) is 19.1. The molecule has 2 amide bonds. The van der Waals surface area contributed by atoms with E-state index in [2.05, 4.69) is 26.2 Å². The van der Waals surface area contributed by atoms with Crippen molar-refractivity contribution in [2.24, 2.45) is 5.92 Å². The van der Waals surface area contributed by atoms with E-state index in [9.17, 15) is 19.5 Å². The van der Waals surface area contributed by atoms with Crippen LogP contribution in [0.1, 0.15) is 55.0 Å². The van der Waals surface area contributed by atoms with Gasteiger partial charge in [0.1, 0.15) is 0 Å². The van der Waals surface area contributed by atoms with E-state index in [1.807, 2.05) is 73.8 Å². The van der Waals surface area contributed by atoms with Crippen LogP contribution in [0.2, 0.25) is 18.6 Å². The first-order valence-corrected chi connectivity index (χ1v) is 21.2. The number of hydrogen-bond donors (Lipinski definition) is 1. The Morgan fingerprint density at radius 2 is 1.87 bits per heavy atom. The summed E-state index contributed by atoms with van der Waals surface area (Å²) in [6, 6.07) is 22.5. The van der Waals surface area contributed by atoms with Crippen LogP contribution in [0.15, 0.2) is 83.5 Å². The van der Waals surface area contributed by atoms with Crippen molar-refractivity contribution in [1.82, 2.24) is 15.0 Å². The van der Waals surface area contributed by atoms with Crippen molar-refractivity contribution < 1.29 is 33.1 Å². The number of esters is 1. The predicted molar refractivity (Wildman–Crippen MR) is 197 cm³/mol. The smallest absolute Gasteiger partial charge is 0.304 e. The summed E-state index contributed by atoms with van der Waals surface area (Å²) in [6.45, 7) is 7.10. The molecule has 2 saturated heterocycles. The third-order valence-corrected chi connectivity index (χ3v) is 13.6. The van der Waals surface area contributed by atoms with Gasteiger partial charge in [-0.3, -0.25) is 24.0 Å². The van der Waals surface area contributed by atoms with Crippen LogP contribution in [0.3, 0.4) is 0 Å². The number of amides is 2. The monoisotopic (exact) mass is 789 g/mol. The molecule has 11 nitrogen and oxygen atoms in total. The summed E-state index contributed by atoms with van der Waals surface area (Å²) >= 11 is 3.60. The van der Waals surface area contributed by atoms with E-state index in [1.54, 1.807) is 34.8 Å². The topological polar surface area (TPSA) is 127 Å². The third-order valence-electron chi connectivity index (χ3n) is 10.6. The fraction of sp³-hybridized carbons (Fsp3) is 0.395. The Bertz CT molecular complexity index is 1990. The molecule has 1 N–H and O–H groups in total. The maximum absolute atomic E-state index is 16.4. The molecule has 14 heteroatoms. The average Bonchev–Trinajstić information content (AvgIpc) is 3.75. The summed E-state index contributed by atoms with van der Waals surface area (Å²) in [5.41, 5.74) is 2.50. The van der Waals surface area contributed by atoms with Crippen LogP contribution < -0.4 is 9.80 Å². The molecule has 3 aliphatic rings. The van der Waals surface area contributed by atoms with Crippen molar-refractivity contribution in [1.29, 1.82) is 0 Å². The Balaban J connectivity index is 1.14. The minimum absolute atomic E-state index is 0.120. The van der Waals surface area contributed by atoms with Crippen LogP contribution in [0, 0.1) is 5.92 Å². The molecule has 7 rings (SSSR count). The van der Waals surface area contributed by atoms with Crippen LogP contribution in [0.4, 0.5) is 15.5 Å². The fourth-order valence-corrected chi connectivity index (χ4v) is 11.2. The number of carbonyl (C=O) groups excluding carboxylic acids is 3. The maximum Gasteiger partial charge on any atom is 0.304 e. The molecule has 0 radical (unpaired) electrons. The first-order valence-electron chi connectivity index (χ1n) is 17.4. The lowest BCUT2D eigenvalue weighted by Gasteiger charge is -2.39. The van der Waals surface area contributed by atoms with E-state index in [-0.39, 0.29) is 37.3 Å². The molecule has 3 aliphatic heterocycles. The molecule has 4 aromatic rings. The first-order chi connectivity index (χ1) is 24.8. The third kappa shape index (κ3) is 6.39. The number of β-lactam (4-membered cyclic amide) rings is 1. The van der Waals surface area contributed by atoms with Crippen LogP contribution in [0.5, 0.6) is 0 Å². The number of aliphatic hydroxyl groups excluding tert-OH is 1. The van der Waals surface area contributed by atoms with Gasteiger partial charge >= 0.3 is 5.97 Å². The molecular formula is C38H41BrFN5O6Si. The van der Waals surface area contributed by atoms with Gasteiger partial charge in [0.15, 0.2) is 11.8 Å². The Morgan fingerprint density at radius 1 is 1.13 bits per heavy atom. The van der Waals surface area contributed by atoms with Crippen LogP contribution in [0.25, 0.3) is 0 Å². The minimum atomic E-state index is -3.39. The molecule has 6 atom stereocenters. The van der Waals surface area contributed by atoms with Gasteiger partial charge in [-0.2, -0.15) is 0 Å². The van der Waals surface area contributed by atoms with Gasteiger partial charge in [-0.25, -0.2) is 0 Å². The molecule has 4 heterocycles. The highest BCUT2D eigenvalue weighted by Crippen LogP contribution is 2.60. The van der Waals surface area contributed by atoms with Gasteiger partial charge in [-0.05, 0) is 61.0 Å². The number of fused-ring (bicyclic) bond motifs is 2. The van der Waals surface area contributed by atoms with E-state index in [0.29, 0.717) is 35.6 Å². The van der Waals surface area contributed by atoms with E-state index in [0.717, 1.165) is 15.6 Å². The van der Waals surface area contributed by atoms with Gasteiger partial charge in [0.2, 0.25) is 14.3 Å². The number of nitrogens with zero attached hydrogens (tertiary/aromatic N) is 5. The van der Waals surface area contributed by atoms with Crippen molar-refractivity contribution in [3.05, 3.63) is 106 Å². The number of hydrogen-bond acceptors (Lipinski definition) is 8. The molecule has 0 bridgehead atoms. The molecule has 1 spiro atoms. The number of aliphatic hydroxyl groups is 1. The number of anilines is 2. The van der Waals surface area contributed by atoms with Crippen LogP contribution in [-0.2, 0) is 42.5 Å². The molecule has 2 fully saturated rings. The Kier molecular flexibility index (Phi) is 9.70. The summed E-state index contributed by atoms with van der Waals surface area (Å²) < 4.78 is 31.0. The number of benzene rings is 3. The number of aromatic nitrogens is 3. The minimum Gasteiger partial charge on any atom is -0.441 e. The highest BCUT2D eigenvalue weighted by Gasteiger charge is 2.66. The predicted octanol–water partition coefficient (Wildman–Crippen LogP) is 6.20. The standard InChI is InChI=1S/C38H41BrFN5O6Si/c1-23-36(52(3,4)40)33(16-17-43-21-31(41-42-43)29(22-46)26-8-6-5-7-9-26)51-38(23)30-18-27(39)12-15-32(30)44(37(38)49)20-25-10-13-28(14-11-25)45-34(48)19-35(45)50-24(2)47/h5-15,18,21,23,29,33,35-36,46H,16-17,19-20,22H2,1-4H3/t23-,29?,33+,35?,36-,38+/m0/s1. The number of carbonyl (C=O) groups is 3. The molecule has 1 aromatic heterocycles. The molecule has 272 valence electrons. The summed E-state index contributed by atoms with van der Waals surface area (Å²) in [5.74, 6) is -1.63. The zero-order valence-electron chi connectivity index (χ0n) is 29.4. The second-order valence-electron chi connectivity index (χ2n) is 14.4. The molecular weight excluding hydrogens is 749 g/mol. The molecule has 0 aliphatic carbocycles. The van der Waals surface area contributed by atoms with Gasteiger partial charge in [0.05, 0.1) is 43.0 Å². The van der Waals surface area contributed by atoms with Gasteiger partial charge < -0.3 is 23.6 Å². The lowest BCUT2D eigenvalue weighted by atomic mass is 9.82. The quantitative estimate of drug-likeness (QED) is 0.0824. The van der Waals surface area contributed by atoms with E-state index < -0.39 is 43.8 Å². The summed E-state index contributed by atoms with van der Waals surface area (Å²) in [5, 5.41) is 18.8. The fourth-order valence-electron chi connectivity index (χ4n) is 8.27. The Morgan fingerprint density at radius 3 is 2.52 bits per heavy atom. The van der Waals surface area contributed by atoms with Gasteiger partial charge in [-0.15, -0.1) is 5.10 Å². The van der Waals surface area contributed by atoms with Gasteiger partial charge in [-0.1, -0.05) is 70.5 Å². The SMILES string of the molecule is CC(=O)OC1CC(=O)N1c1ccc(CN2C(=O)[C@]3(O[C@H](CCn4cc(C(CO)c5ccccc5)nn4)[C@@H]([Si](C)(C)F)[C@@H]3C)c3cc(Br)ccc32)cc1. The normalized spacial score (nSPS) is 24.7. The van der Waals surface area contributed by atoms with Gasteiger partial charge in [0.25, 0.3) is 5.91 Å². The van der Waals surface area contributed by atoms with Crippen molar-refractivity contribution >= 4 is 53.5 Å². The summed E-state index contributed by atoms with van der Waals surface area (Å²) in [4.78, 5) is 41.8. The van der Waals surface area contributed by atoms with Crippen LogP contribution >= 0.6 is 15.9 Å². The Labute approximate surface area is 311 Å². The van der Waals surface area contributed by atoms with E-state index >= 15 is 4.11 Å². The number of halogens is 2. The highest BCUT2D eigenvalue weighted by molar-refractivity contribution is 9.10. The lowest BCUT2D eigenvalue weighted by molar-refractivity contribution is -0.154. The van der Waals surface area contributed by atoms with Crippen molar-refractivity contribution in [3.8, 4) is 0 Å². The number of ether oxygens (including phenoxy) is 2. The first kappa shape index (κ1) is 36.1. The average molecular weight is 791 g/mol. The number of rotatable bonds is 11. The van der Waals surface area contributed by atoms with E-state index in [4.69, 9.17) is 9.47 Å². The van der Waals surface area contributed by atoms with Crippen molar-refractivity contribution in [2.45, 2.75) is 82.3 Å². The summed E-state index contributed by atoms with van der Waals surface area (Å²) in [6.07, 6.45) is 1.16. The maximum atomic E-state index is 16.4. The van der Waals surface area contributed by atoms with Gasteiger partial charge in [0, 0.05) is 46.8 Å². The van der Waals surface area contributed by atoms with Crippen LogP contribution in [-0.4, -0.2) is 65.2 Å². The van der Waals surface area contributed by atoms with Crippen molar-refractivity contribution in [2.75, 3.05) is 16.4 Å². The largest absolute Gasteiger partial charge is 0.441 e. The number of aryl methyl sites for hydroxylation is 1. The molecule has 3 aromatic carbocycles. The van der Waals surface area contributed by atoms with E-state index in [1.165, 1.54) is 11.8 Å². The molecule has 52 heavy (non-hydrogen) atoms. The molecule has 2 unspecified atom stereocenters. The summed E-state index contributed by atoms with van der Waals surface area (Å²) in [7, 11) is -3.39.